The van der Waals surface area contributed by atoms with Crippen LogP contribution in [0.3, 0.4) is 0 Å². The maximum Gasteiger partial charge on any atom is 0.0497 e. The molecule has 0 spiro atoms. The van der Waals surface area contributed by atoms with Gasteiger partial charge in [-0.05, 0) is 200 Å². The van der Waals surface area contributed by atoms with Crippen LogP contribution in [-0.2, 0) is 5.41 Å². The van der Waals surface area contributed by atoms with Crippen LogP contribution in [0, 0.1) is 0 Å². The third-order valence-corrected chi connectivity index (χ3v) is 18.7. The molecule has 464 valence electrons. The molecule has 7 aromatic carbocycles. The van der Waals surface area contributed by atoms with Gasteiger partial charge in [0.25, 0.3) is 0 Å². The Morgan fingerprint density at radius 3 is 1.89 bits per heavy atom. The summed E-state index contributed by atoms with van der Waals surface area (Å²) in [6.07, 6.45) is 40.5. The highest BCUT2D eigenvalue weighted by Crippen LogP contribution is 2.52. The first kappa shape index (κ1) is 67.9. The number of anilines is 4. The first-order valence-corrected chi connectivity index (χ1v) is 34.3. The van der Waals surface area contributed by atoms with Crippen LogP contribution in [0.5, 0.6) is 0 Å². The van der Waals surface area contributed by atoms with Gasteiger partial charge in [-0.1, -0.05) is 274 Å². The molecule has 1 heterocycles. The number of thiophene rings is 1. The Morgan fingerprint density at radius 1 is 0.637 bits per heavy atom. The molecule has 0 saturated heterocycles. The van der Waals surface area contributed by atoms with Gasteiger partial charge in [0.1, 0.15) is 0 Å². The van der Waals surface area contributed by atoms with E-state index in [1.54, 1.807) is 0 Å². The average Bonchev–Trinajstić information content (AvgIpc) is 1.64. The van der Waals surface area contributed by atoms with Gasteiger partial charge in [0.15, 0.2) is 0 Å². The molecule has 8 aromatic rings. The minimum atomic E-state index is -0.557. The molecule has 3 aliphatic carbocycles. The third kappa shape index (κ3) is 15.3. The molecule has 0 aliphatic heterocycles. The first-order valence-electron chi connectivity index (χ1n) is 33.4. The lowest BCUT2D eigenvalue weighted by atomic mass is 9.70. The van der Waals surface area contributed by atoms with E-state index in [1.165, 1.54) is 81.8 Å². The van der Waals surface area contributed by atoms with Crippen molar-refractivity contribution in [1.82, 2.24) is 0 Å². The summed E-state index contributed by atoms with van der Waals surface area (Å²) >= 11 is 1.91. The SMILES string of the molecule is C=C/C=C(\C=C/C)c1ccc(N(C(/C=C\C)=C/C2=CC(/C=C\C(C)N(c3ccc(-c4ccccc4)cc3)c3ccc(C(C)CC)cc3)=C(C)C2(C)c2ccccc2C2=CCC=Cc3c2sc2ccccc32)c2ccc(C3=CCCC=C3)cc2)cc1.CC.CC.CC. The van der Waals surface area contributed by atoms with Crippen molar-refractivity contribution in [2.24, 2.45) is 0 Å². The van der Waals surface area contributed by atoms with Crippen LogP contribution in [0.4, 0.5) is 22.7 Å². The van der Waals surface area contributed by atoms with Gasteiger partial charge in [-0.3, -0.25) is 0 Å². The summed E-state index contributed by atoms with van der Waals surface area (Å²) in [5.41, 5.74) is 22.4. The minimum Gasteiger partial charge on any atom is -0.335 e. The first-order chi connectivity index (χ1) is 44.6. The summed E-state index contributed by atoms with van der Waals surface area (Å²) in [6, 6.07) is 65.3. The van der Waals surface area contributed by atoms with E-state index in [9.17, 15) is 0 Å². The summed E-state index contributed by atoms with van der Waals surface area (Å²) in [6.45, 7) is 32.0. The zero-order valence-corrected chi connectivity index (χ0v) is 57.3. The fourth-order valence-electron chi connectivity index (χ4n) is 12.5. The van der Waals surface area contributed by atoms with Gasteiger partial charge in [0, 0.05) is 60.4 Å². The molecule has 0 amide bonds. The van der Waals surface area contributed by atoms with Crippen LogP contribution in [0.15, 0.2) is 296 Å². The molecule has 0 fully saturated rings. The van der Waals surface area contributed by atoms with E-state index in [-0.39, 0.29) is 6.04 Å². The van der Waals surface area contributed by atoms with Crippen LogP contribution >= 0.6 is 11.3 Å². The topological polar surface area (TPSA) is 6.48 Å². The Labute approximate surface area is 551 Å². The zero-order valence-electron chi connectivity index (χ0n) is 56.5. The molecule has 11 rings (SSSR count). The molecule has 0 radical (unpaired) electrons. The second kappa shape index (κ2) is 33.2. The molecule has 91 heavy (non-hydrogen) atoms. The highest BCUT2D eigenvalue weighted by molar-refractivity contribution is 7.20. The van der Waals surface area contributed by atoms with E-state index < -0.39 is 5.41 Å². The summed E-state index contributed by atoms with van der Waals surface area (Å²) in [7, 11) is 0. The van der Waals surface area contributed by atoms with Crippen LogP contribution in [0.1, 0.15) is 160 Å². The van der Waals surface area contributed by atoms with E-state index in [0.29, 0.717) is 5.92 Å². The molecule has 3 aliphatic rings. The van der Waals surface area contributed by atoms with Crippen molar-refractivity contribution in [1.29, 1.82) is 0 Å². The van der Waals surface area contributed by atoms with Crippen molar-refractivity contribution in [3.05, 3.63) is 334 Å². The average molecular weight is 1210 g/mol. The van der Waals surface area contributed by atoms with Crippen molar-refractivity contribution in [2.75, 3.05) is 9.80 Å². The molecule has 3 atom stereocenters. The molecular formula is C88H96N2S. The standard InChI is InChI=1S/C82H78N2S.3C2H6/c1-9-25-62(26-10-2)65-44-52-72(53-45-65)84(73-54-46-67(47-55-73)64-30-17-14-18-31-64)74(27-11-3)57-69-56-68(60(7)82(69,8)79-36-23-21-32-75(79)77-34-19-20-35-78-76-33-22-24-37-80(76)85-81(77)78)39-38-59(6)83(70-48-40-61(41-49-70)58(5)12-4)71-50-42-66(43-51-71)63-28-15-13-16-29-63;3*1-2/h9-11,13,15-17,20-59H,1,12,14,18-19H2,2-8H3;3*1-2H3/b26-10-,27-11-,39-38-,62-25+,74-57+;;;. The predicted octanol–water partition coefficient (Wildman–Crippen LogP) is 26.5. The predicted molar refractivity (Wildman–Crippen MR) is 406 cm³/mol. The molecule has 0 N–H and O–H groups in total. The van der Waals surface area contributed by atoms with Crippen molar-refractivity contribution >= 4 is 67.0 Å². The molecule has 2 nitrogen and oxygen atoms in total. The number of fused-ring (bicyclic) bond motifs is 3. The van der Waals surface area contributed by atoms with E-state index in [2.05, 4.69) is 332 Å². The fraction of sp³-hybridized carbons (Fsp3) is 0.227. The van der Waals surface area contributed by atoms with Crippen LogP contribution in [-0.4, -0.2) is 6.04 Å². The zero-order chi connectivity index (χ0) is 64.9. The van der Waals surface area contributed by atoms with E-state index in [1.807, 2.05) is 59.0 Å². The summed E-state index contributed by atoms with van der Waals surface area (Å²) in [5, 5.41) is 1.31. The van der Waals surface area contributed by atoms with Crippen molar-refractivity contribution in [3.63, 3.8) is 0 Å². The summed E-state index contributed by atoms with van der Waals surface area (Å²) < 4.78 is 1.31. The lowest BCUT2D eigenvalue weighted by Crippen LogP contribution is -2.27. The second-order valence-electron chi connectivity index (χ2n) is 22.7. The van der Waals surface area contributed by atoms with E-state index in [0.717, 1.165) is 65.3 Å². The van der Waals surface area contributed by atoms with E-state index >= 15 is 0 Å². The number of allylic oxidation sites excluding steroid dienone is 19. The quantitative estimate of drug-likeness (QED) is 0.0745. The maximum absolute atomic E-state index is 4.04. The Morgan fingerprint density at radius 2 is 1.24 bits per heavy atom. The molecule has 1 aromatic heterocycles. The Hall–Kier alpha value is -9.02. The smallest absolute Gasteiger partial charge is 0.0497 e. The van der Waals surface area contributed by atoms with Gasteiger partial charge in [0.05, 0.1) is 0 Å². The number of benzene rings is 7. The van der Waals surface area contributed by atoms with Crippen LogP contribution in [0.2, 0.25) is 0 Å². The molecule has 0 saturated carbocycles. The number of hydrogen-bond donors (Lipinski definition) is 0. The monoisotopic (exact) mass is 1210 g/mol. The van der Waals surface area contributed by atoms with Crippen LogP contribution in [0.25, 0.3) is 44.0 Å². The minimum absolute atomic E-state index is 0.00609. The lowest BCUT2D eigenvalue weighted by Gasteiger charge is -2.34. The fourth-order valence-corrected chi connectivity index (χ4v) is 13.7. The van der Waals surface area contributed by atoms with Gasteiger partial charge >= 0.3 is 0 Å². The van der Waals surface area contributed by atoms with E-state index in [4.69, 9.17) is 0 Å². The molecular weight excluding hydrogens is 1120 g/mol. The van der Waals surface area contributed by atoms with Gasteiger partial charge in [-0.2, -0.15) is 0 Å². The van der Waals surface area contributed by atoms with Gasteiger partial charge in [0.2, 0.25) is 0 Å². The van der Waals surface area contributed by atoms with Gasteiger partial charge in [-0.15, -0.1) is 11.3 Å². The Bertz CT molecular complexity index is 4070. The number of nitrogens with zero attached hydrogens (tertiary/aromatic N) is 2. The molecule has 3 unspecified atom stereocenters. The maximum atomic E-state index is 4.04. The van der Waals surface area contributed by atoms with Crippen LogP contribution < -0.4 is 9.80 Å². The lowest BCUT2D eigenvalue weighted by molar-refractivity contribution is 0.681. The third-order valence-electron chi connectivity index (χ3n) is 17.5. The van der Waals surface area contributed by atoms with Crippen molar-refractivity contribution < 1.29 is 0 Å². The van der Waals surface area contributed by atoms with Crippen molar-refractivity contribution in [3.8, 4) is 11.1 Å². The Balaban J connectivity index is 0.00000173. The summed E-state index contributed by atoms with van der Waals surface area (Å²) in [4.78, 5) is 6.24. The van der Waals surface area contributed by atoms with Gasteiger partial charge < -0.3 is 9.80 Å². The van der Waals surface area contributed by atoms with Crippen molar-refractivity contribution in [2.45, 2.75) is 133 Å². The molecule has 0 bridgehead atoms. The highest BCUT2D eigenvalue weighted by Gasteiger charge is 2.40. The number of rotatable bonds is 19. The highest BCUT2D eigenvalue weighted by atomic mass is 32.1. The summed E-state index contributed by atoms with van der Waals surface area (Å²) in [5.74, 6) is 0.490. The normalized spacial score (nSPS) is 16.2. The largest absolute Gasteiger partial charge is 0.335 e. The second-order valence-corrected chi connectivity index (χ2v) is 23.8. The van der Waals surface area contributed by atoms with Gasteiger partial charge in [-0.25, -0.2) is 0 Å². The molecule has 3 heteroatoms. The Kier molecular flexibility index (Phi) is 24.7. The number of hydrogen-bond acceptors (Lipinski definition) is 3.